The van der Waals surface area contributed by atoms with Crippen LogP contribution >= 0.6 is 0 Å². The molecule has 0 spiro atoms. The summed E-state index contributed by atoms with van der Waals surface area (Å²) in [5.41, 5.74) is -0.887. The van der Waals surface area contributed by atoms with Crippen LogP contribution in [-0.2, 0) is 6.18 Å². The number of benzene rings is 1. The first kappa shape index (κ1) is 17.2. The van der Waals surface area contributed by atoms with Crippen molar-refractivity contribution in [2.24, 2.45) is 5.41 Å². The van der Waals surface area contributed by atoms with Gasteiger partial charge in [-0.25, -0.2) is 4.39 Å². The van der Waals surface area contributed by atoms with Gasteiger partial charge in [-0.15, -0.1) is 0 Å². The Balaban J connectivity index is 2.40. The van der Waals surface area contributed by atoms with Crippen molar-refractivity contribution in [2.75, 3.05) is 26.2 Å². The molecule has 1 heterocycles. The highest BCUT2D eigenvalue weighted by atomic mass is 19.4. The van der Waals surface area contributed by atoms with Crippen molar-refractivity contribution in [3.8, 4) is 0 Å². The summed E-state index contributed by atoms with van der Waals surface area (Å²) in [6.07, 6.45) is -4.52. The molecule has 0 aliphatic carbocycles. The molecule has 1 fully saturated rings. The largest absolute Gasteiger partial charge is 0.416 e. The predicted octanol–water partition coefficient (Wildman–Crippen LogP) is 3.84. The van der Waals surface area contributed by atoms with Gasteiger partial charge < -0.3 is 5.32 Å². The number of hydrogen-bond acceptors (Lipinski definition) is 2. The van der Waals surface area contributed by atoms with Crippen molar-refractivity contribution in [2.45, 2.75) is 33.0 Å². The first-order chi connectivity index (χ1) is 10.1. The van der Waals surface area contributed by atoms with E-state index in [1.165, 1.54) is 6.07 Å². The highest BCUT2D eigenvalue weighted by Gasteiger charge is 2.36. The Morgan fingerprint density at radius 1 is 1.09 bits per heavy atom. The van der Waals surface area contributed by atoms with Gasteiger partial charge in [0.2, 0.25) is 0 Å². The van der Waals surface area contributed by atoms with Crippen molar-refractivity contribution < 1.29 is 17.6 Å². The maximum Gasteiger partial charge on any atom is 0.416 e. The molecule has 124 valence electrons. The highest BCUT2D eigenvalue weighted by Crippen LogP contribution is 2.40. The molecular formula is C16H22F4N2. The third-order valence-electron chi connectivity index (χ3n) is 3.96. The minimum absolute atomic E-state index is 0.253. The molecule has 6 heteroatoms. The van der Waals surface area contributed by atoms with E-state index < -0.39 is 17.6 Å². The van der Waals surface area contributed by atoms with Gasteiger partial charge in [0, 0.05) is 37.8 Å². The molecule has 1 aromatic rings. The van der Waals surface area contributed by atoms with Crippen molar-refractivity contribution in [1.29, 1.82) is 0 Å². The fraction of sp³-hybridized carbons (Fsp3) is 0.625. The van der Waals surface area contributed by atoms with Crippen LogP contribution in [0.1, 0.15) is 37.9 Å². The molecule has 1 N–H and O–H groups in total. The Labute approximate surface area is 128 Å². The smallest absolute Gasteiger partial charge is 0.314 e. The van der Waals surface area contributed by atoms with Crippen LogP contribution in [0, 0.1) is 11.2 Å². The number of hydrogen-bond donors (Lipinski definition) is 1. The number of piperazine rings is 1. The van der Waals surface area contributed by atoms with Crippen molar-refractivity contribution >= 4 is 0 Å². The number of nitrogens with one attached hydrogen (secondary N) is 1. The van der Waals surface area contributed by atoms with E-state index in [9.17, 15) is 17.6 Å². The number of alkyl halides is 3. The first-order valence-corrected chi connectivity index (χ1v) is 7.42. The molecule has 0 saturated carbocycles. The highest BCUT2D eigenvalue weighted by molar-refractivity contribution is 5.30. The molecule has 0 radical (unpaired) electrons. The van der Waals surface area contributed by atoms with Crippen LogP contribution in [0.3, 0.4) is 0 Å². The van der Waals surface area contributed by atoms with Crippen molar-refractivity contribution in [3.63, 3.8) is 0 Å². The quantitative estimate of drug-likeness (QED) is 0.834. The van der Waals surface area contributed by atoms with E-state index in [1.54, 1.807) is 0 Å². The molecule has 1 aliphatic heterocycles. The normalized spacial score (nSPS) is 19.2. The average Bonchev–Trinajstić information content (AvgIpc) is 2.39. The molecule has 0 bridgehead atoms. The fourth-order valence-electron chi connectivity index (χ4n) is 3.08. The van der Waals surface area contributed by atoms with E-state index in [0.29, 0.717) is 11.6 Å². The molecule has 0 unspecified atom stereocenters. The third kappa shape index (κ3) is 3.79. The van der Waals surface area contributed by atoms with E-state index in [0.717, 1.165) is 32.2 Å². The van der Waals surface area contributed by atoms with Gasteiger partial charge in [-0.05, 0) is 17.5 Å². The minimum atomic E-state index is -4.52. The Bertz CT molecular complexity index is 514. The fourth-order valence-corrected chi connectivity index (χ4v) is 3.08. The lowest BCUT2D eigenvalue weighted by Gasteiger charge is -2.42. The van der Waals surface area contributed by atoms with Crippen molar-refractivity contribution in [3.05, 3.63) is 35.1 Å². The van der Waals surface area contributed by atoms with Crippen LogP contribution in [0.4, 0.5) is 17.6 Å². The van der Waals surface area contributed by atoms with Gasteiger partial charge in [0.25, 0.3) is 0 Å². The second kappa shape index (κ2) is 6.16. The second-order valence-electron chi connectivity index (χ2n) is 6.79. The van der Waals surface area contributed by atoms with Gasteiger partial charge in [-0.3, -0.25) is 4.90 Å². The van der Waals surface area contributed by atoms with Gasteiger partial charge in [0.15, 0.2) is 0 Å². The average molecular weight is 318 g/mol. The van der Waals surface area contributed by atoms with Gasteiger partial charge in [0.1, 0.15) is 5.82 Å². The first-order valence-electron chi connectivity index (χ1n) is 7.42. The molecule has 1 aromatic carbocycles. The molecule has 2 rings (SSSR count). The minimum Gasteiger partial charge on any atom is -0.314 e. The van der Waals surface area contributed by atoms with E-state index >= 15 is 0 Å². The Kier molecular flexibility index (Phi) is 4.82. The molecule has 22 heavy (non-hydrogen) atoms. The second-order valence-corrected chi connectivity index (χ2v) is 6.79. The molecule has 0 amide bonds. The zero-order valence-corrected chi connectivity index (χ0v) is 13.1. The summed E-state index contributed by atoms with van der Waals surface area (Å²) >= 11 is 0. The maximum atomic E-state index is 14.4. The van der Waals surface area contributed by atoms with Gasteiger partial charge in [-0.2, -0.15) is 13.2 Å². The van der Waals surface area contributed by atoms with Gasteiger partial charge in [0.05, 0.1) is 5.56 Å². The molecule has 0 aromatic heterocycles. The standard InChI is InChI=1S/C16H22F4N2/c1-15(2,3)14(22-8-6-21-7-9-22)12-5-4-11(10-13(12)17)16(18,19)20/h4-5,10,14,21H,6-9H2,1-3H3/t14-/m0/s1. The molecular weight excluding hydrogens is 296 g/mol. The monoisotopic (exact) mass is 318 g/mol. The van der Waals surface area contributed by atoms with Crippen LogP contribution in [0.15, 0.2) is 18.2 Å². The van der Waals surface area contributed by atoms with Crippen LogP contribution in [-0.4, -0.2) is 31.1 Å². The summed E-state index contributed by atoms with van der Waals surface area (Å²) < 4.78 is 52.5. The van der Waals surface area contributed by atoms with E-state index in [2.05, 4.69) is 10.2 Å². The molecule has 1 aliphatic rings. The third-order valence-corrected chi connectivity index (χ3v) is 3.96. The van der Waals surface area contributed by atoms with Gasteiger partial charge in [-0.1, -0.05) is 26.8 Å². The number of halogens is 4. The predicted molar refractivity (Wildman–Crippen MR) is 78.0 cm³/mol. The van der Waals surface area contributed by atoms with Crippen LogP contribution in [0.2, 0.25) is 0 Å². The summed E-state index contributed by atoms with van der Waals surface area (Å²) in [5.74, 6) is -0.784. The van der Waals surface area contributed by atoms with E-state index in [4.69, 9.17) is 0 Å². The van der Waals surface area contributed by atoms with Crippen LogP contribution in [0.5, 0.6) is 0 Å². The lowest BCUT2D eigenvalue weighted by molar-refractivity contribution is -0.137. The summed E-state index contributed by atoms with van der Waals surface area (Å²) in [6, 6.07) is 2.61. The molecule has 1 atom stereocenters. The molecule has 1 saturated heterocycles. The Morgan fingerprint density at radius 3 is 2.14 bits per heavy atom. The molecule has 2 nitrogen and oxygen atoms in total. The maximum absolute atomic E-state index is 14.4. The zero-order chi connectivity index (χ0) is 16.5. The number of nitrogens with zero attached hydrogens (tertiary/aromatic N) is 1. The Morgan fingerprint density at radius 2 is 1.68 bits per heavy atom. The Hall–Kier alpha value is -1.14. The number of rotatable bonds is 2. The van der Waals surface area contributed by atoms with Gasteiger partial charge >= 0.3 is 6.18 Å². The van der Waals surface area contributed by atoms with E-state index in [1.807, 2.05) is 20.8 Å². The van der Waals surface area contributed by atoms with E-state index in [-0.39, 0.29) is 11.5 Å². The van der Waals surface area contributed by atoms with Crippen molar-refractivity contribution in [1.82, 2.24) is 10.2 Å². The van der Waals surface area contributed by atoms with Crippen LogP contribution in [0.25, 0.3) is 0 Å². The summed E-state index contributed by atoms with van der Waals surface area (Å²) in [7, 11) is 0. The summed E-state index contributed by atoms with van der Waals surface area (Å²) in [4.78, 5) is 2.14. The lowest BCUT2D eigenvalue weighted by atomic mass is 9.80. The topological polar surface area (TPSA) is 15.3 Å². The SMILES string of the molecule is CC(C)(C)[C@H](c1ccc(C(F)(F)F)cc1F)N1CCNCC1. The lowest BCUT2D eigenvalue weighted by Crippen LogP contribution is -2.48. The summed E-state index contributed by atoms with van der Waals surface area (Å²) in [5, 5.41) is 3.23. The van der Waals surface area contributed by atoms with Crippen LogP contribution < -0.4 is 5.32 Å². The zero-order valence-electron chi connectivity index (χ0n) is 13.1. The summed E-state index contributed by atoms with van der Waals surface area (Å²) in [6.45, 7) is 9.05.